The highest BCUT2D eigenvalue weighted by Gasteiger charge is 2.27. The summed E-state index contributed by atoms with van der Waals surface area (Å²) in [5.41, 5.74) is 0. The van der Waals surface area contributed by atoms with Gasteiger partial charge < -0.3 is 10.0 Å². The van der Waals surface area contributed by atoms with E-state index in [-0.39, 0.29) is 18.4 Å². The molecule has 0 radical (unpaired) electrons. The molecule has 1 amide bonds. The van der Waals surface area contributed by atoms with Crippen LogP contribution in [-0.4, -0.2) is 35.0 Å². The molecule has 1 aliphatic rings. The molecule has 0 aliphatic heterocycles. The lowest BCUT2D eigenvalue weighted by molar-refractivity contribution is -0.144. The Kier molecular flexibility index (Phi) is 5.89. The van der Waals surface area contributed by atoms with Gasteiger partial charge in [0.15, 0.2) is 0 Å². The topological polar surface area (TPSA) is 57.6 Å². The number of nitrogens with zero attached hydrogens (tertiary/aromatic N) is 1. The van der Waals surface area contributed by atoms with E-state index >= 15 is 0 Å². The lowest BCUT2D eigenvalue weighted by Gasteiger charge is -2.29. The molecule has 0 aromatic rings. The van der Waals surface area contributed by atoms with Crippen molar-refractivity contribution in [3.63, 3.8) is 0 Å². The molecule has 1 N–H and O–H groups in total. The summed E-state index contributed by atoms with van der Waals surface area (Å²) in [7, 11) is 0. The van der Waals surface area contributed by atoms with Crippen molar-refractivity contribution in [2.75, 3.05) is 13.1 Å². The third-order valence-electron chi connectivity index (χ3n) is 3.53. The van der Waals surface area contributed by atoms with Crippen LogP contribution in [0.3, 0.4) is 0 Å². The molecule has 1 unspecified atom stereocenters. The quantitative estimate of drug-likeness (QED) is 0.739. The van der Waals surface area contributed by atoms with Gasteiger partial charge in [0.1, 0.15) is 0 Å². The molecular formula is C14H23NO3. The van der Waals surface area contributed by atoms with Crippen LogP contribution in [0.2, 0.25) is 0 Å². The summed E-state index contributed by atoms with van der Waals surface area (Å²) in [5.74, 6) is -1.21. The predicted octanol–water partition coefficient (Wildman–Crippen LogP) is 2.30. The van der Waals surface area contributed by atoms with Gasteiger partial charge in [0.2, 0.25) is 5.91 Å². The Morgan fingerprint density at radius 3 is 2.50 bits per heavy atom. The molecule has 102 valence electrons. The zero-order valence-corrected chi connectivity index (χ0v) is 11.1. The van der Waals surface area contributed by atoms with Gasteiger partial charge in [-0.25, -0.2) is 0 Å². The van der Waals surface area contributed by atoms with E-state index in [2.05, 4.69) is 6.58 Å². The van der Waals surface area contributed by atoms with Crippen LogP contribution >= 0.6 is 0 Å². The maximum atomic E-state index is 12.3. The van der Waals surface area contributed by atoms with Crippen LogP contribution in [0.1, 0.15) is 39.0 Å². The second-order valence-electron chi connectivity index (χ2n) is 5.11. The number of hydrogen-bond donors (Lipinski definition) is 1. The standard InChI is InChI=1S/C14H23NO3/c1-3-9-15(10-11(2)14(17)18)13(16)12-7-5-4-6-8-12/h3,11-12H,1,4-10H2,2H3,(H,17,18). The van der Waals surface area contributed by atoms with Gasteiger partial charge >= 0.3 is 5.97 Å². The van der Waals surface area contributed by atoms with Gasteiger partial charge in [-0.1, -0.05) is 32.3 Å². The van der Waals surface area contributed by atoms with Gasteiger partial charge in [-0.2, -0.15) is 0 Å². The Morgan fingerprint density at radius 2 is 2.00 bits per heavy atom. The molecule has 18 heavy (non-hydrogen) atoms. The minimum Gasteiger partial charge on any atom is -0.481 e. The van der Waals surface area contributed by atoms with Crippen molar-refractivity contribution >= 4 is 11.9 Å². The van der Waals surface area contributed by atoms with Crippen molar-refractivity contribution in [3.8, 4) is 0 Å². The molecule has 0 spiro atoms. The third-order valence-corrected chi connectivity index (χ3v) is 3.53. The molecule has 1 rings (SSSR count). The van der Waals surface area contributed by atoms with Crippen molar-refractivity contribution in [2.45, 2.75) is 39.0 Å². The number of carbonyl (C=O) groups is 2. The third kappa shape index (κ3) is 4.17. The fourth-order valence-electron chi connectivity index (χ4n) is 2.43. The number of carboxylic acid groups (broad SMARTS) is 1. The molecule has 0 bridgehead atoms. The van der Waals surface area contributed by atoms with E-state index in [0.29, 0.717) is 6.54 Å². The molecule has 0 aromatic heterocycles. The Bertz CT molecular complexity index is 308. The average Bonchev–Trinajstić information content (AvgIpc) is 2.38. The largest absolute Gasteiger partial charge is 0.481 e. The van der Waals surface area contributed by atoms with Crippen molar-refractivity contribution in [1.29, 1.82) is 0 Å². The van der Waals surface area contributed by atoms with E-state index < -0.39 is 11.9 Å². The molecule has 1 fully saturated rings. The van der Waals surface area contributed by atoms with Crippen LogP contribution in [-0.2, 0) is 9.59 Å². The Hall–Kier alpha value is -1.32. The van der Waals surface area contributed by atoms with E-state index in [9.17, 15) is 9.59 Å². The number of rotatable bonds is 6. The van der Waals surface area contributed by atoms with Crippen LogP contribution in [0.15, 0.2) is 12.7 Å². The van der Waals surface area contributed by atoms with Crippen molar-refractivity contribution in [1.82, 2.24) is 4.90 Å². The fraction of sp³-hybridized carbons (Fsp3) is 0.714. The Morgan fingerprint density at radius 1 is 1.39 bits per heavy atom. The molecule has 0 saturated heterocycles. The summed E-state index contributed by atoms with van der Waals surface area (Å²) in [5, 5.41) is 8.93. The highest BCUT2D eigenvalue weighted by Crippen LogP contribution is 2.25. The van der Waals surface area contributed by atoms with Crippen LogP contribution in [0.4, 0.5) is 0 Å². The van der Waals surface area contributed by atoms with Crippen molar-refractivity contribution < 1.29 is 14.7 Å². The highest BCUT2D eigenvalue weighted by molar-refractivity contribution is 5.80. The molecular weight excluding hydrogens is 230 g/mol. The first-order valence-corrected chi connectivity index (χ1v) is 6.68. The van der Waals surface area contributed by atoms with Gasteiger partial charge in [0.25, 0.3) is 0 Å². The first kappa shape index (κ1) is 14.7. The Labute approximate surface area is 109 Å². The van der Waals surface area contributed by atoms with E-state index in [1.807, 2.05) is 0 Å². The molecule has 1 aliphatic carbocycles. The molecule has 0 heterocycles. The minimum atomic E-state index is -0.861. The number of amides is 1. The van der Waals surface area contributed by atoms with Crippen LogP contribution < -0.4 is 0 Å². The van der Waals surface area contributed by atoms with Crippen molar-refractivity contribution in [2.24, 2.45) is 11.8 Å². The zero-order chi connectivity index (χ0) is 13.5. The zero-order valence-electron chi connectivity index (χ0n) is 11.1. The van der Waals surface area contributed by atoms with Gasteiger partial charge in [0, 0.05) is 19.0 Å². The van der Waals surface area contributed by atoms with Gasteiger partial charge in [-0.05, 0) is 12.8 Å². The number of carbonyl (C=O) groups excluding carboxylic acids is 1. The van der Waals surface area contributed by atoms with Crippen LogP contribution in [0.25, 0.3) is 0 Å². The SMILES string of the molecule is C=CCN(CC(C)C(=O)O)C(=O)C1CCCCC1. The normalized spacial score (nSPS) is 18.1. The first-order valence-electron chi connectivity index (χ1n) is 6.68. The number of carboxylic acids is 1. The summed E-state index contributed by atoms with van der Waals surface area (Å²) < 4.78 is 0. The van der Waals surface area contributed by atoms with Gasteiger partial charge in [-0.3, -0.25) is 9.59 Å². The van der Waals surface area contributed by atoms with Crippen LogP contribution in [0, 0.1) is 11.8 Å². The van der Waals surface area contributed by atoms with Gasteiger partial charge in [0.05, 0.1) is 5.92 Å². The number of hydrogen-bond acceptors (Lipinski definition) is 2. The van der Waals surface area contributed by atoms with E-state index in [4.69, 9.17) is 5.11 Å². The van der Waals surface area contributed by atoms with Gasteiger partial charge in [-0.15, -0.1) is 6.58 Å². The molecule has 4 nitrogen and oxygen atoms in total. The summed E-state index contributed by atoms with van der Waals surface area (Å²) in [6, 6.07) is 0. The second-order valence-corrected chi connectivity index (χ2v) is 5.11. The average molecular weight is 253 g/mol. The monoisotopic (exact) mass is 253 g/mol. The first-order chi connectivity index (χ1) is 8.56. The summed E-state index contributed by atoms with van der Waals surface area (Å²) in [6.07, 6.45) is 6.95. The number of aliphatic carboxylic acids is 1. The summed E-state index contributed by atoms with van der Waals surface area (Å²) in [4.78, 5) is 24.8. The summed E-state index contributed by atoms with van der Waals surface area (Å²) in [6.45, 7) is 5.98. The van der Waals surface area contributed by atoms with Crippen molar-refractivity contribution in [3.05, 3.63) is 12.7 Å². The molecule has 0 aromatic carbocycles. The van der Waals surface area contributed by atoms with E-state index in [1.54, 1.807) is 17.9 Å². The highest BCUT2D eigenvalue weighted by atomic mass is 16.4. The second kappa shape index (κ2) is 7.19. The predicted molar refractivity (Wildman–Crippen MR) is 70.2 cm³/mol. The van der Waals surface area contributed by atoms with E-state index in [0.717, 1.165) is 25.7 Å². The molecule has 4 heteroatoms. The lowest BCUT2D eigenvalue weighted by Crippen LogP contribution is -2.41. The molecule has 1 saturated carbocycles. The molecule has 1 atom stereocenters. The fourth-order valence-corrected chi connectivity index (χ4v) is 2.43. The van der Waals surface area contributed by atoms with Crippen LogP contribution in [0.5, 0.6) is 0 Å². The maximum Gasteiger partial charge on any atom is 0.308 e. The maximum absolute atomic E-state index is 12.3. The Balaban J connectivity index is 2.61. The lowest BCUT2D eigenvalue weighted by atomic mass is 9.88. The van der Waals surface area contributed by atoms with E-state index in [1.165, 1.54) is 6.42 Å². The summed E-state index contributed by atoms with van der Waals surface area (Å²) >= 11 is 0. The smallest absolute Gasteiger partial charge is 0.308 e. The minimum absolute atomic E-state index is 0.0831.